The average Bonchev–Trinajstić information content (AvgIpc) is 0.721. The van der Waals surface area contributed by atoms with Gasteiger partial charge in [-0.3, -0.25) is 0 Å². The third-order valence-electron chi connectivity index (χ3n) is 19.6. The van der Waals surface area contributed by atoms with Crippen LogP contribution in [0, 0.1) is 5.41 Å². The van der Waals surface area contributed by atoms with Crippen LogP contribution in [-0.4, -0.2) is 43.7 Å². The van der Waals surface area contributed by atoms with Crippen molar-refractivity contribution < 1.29 is 34.4 Å². The number of benzene rings is 4. The molecule has 7 nitrogen and oxygen atoms in total. The van der Waals surface area contributed by atoms with Crippen LogP contribution >= 0.6 is 8.60 Å². The van der Waals surface area contributed by atoms with Crippen LogP contribution in [0.5, 0.6) is 5.75 Å². The Morgan fingerprint density at radius 3 is 0.854 bits per heavy atom. The lowest BCUT2D eigenvalue weighted by atomic mass is 9.46. The monoisotopic (exact) mass is 1250 g/mol. The largest absolute Gasteiger partial charge is 0.482 e. The van der Waals surface area contributed by atoms with E-state index in [-0.39, 0.29) is 6.61 Å². The Morgan fingerprint density at radius 1 is 0.315 bits per heavy atom. The van der Waals surface area contributed by atoms with Gasteiger partial charge in [-0.2, -0.15) is 0 Å². The zero-order valence-corrected chi connectivity index (χ0v) is 58.6. The van der Waals surface area contributed by atoms with Gasteiger partial charge in [0.15, 0.2) is 0 Å². The van der Waals surface area contributed by atoms with Gasteiger partial charge in [0.05, 0.1) is 12.2 Å². The van der Waals surface area contributed by atoms with Gasteiger partial charge in [0, 0.05) is 6.61 Å². The molecule has 0 amide bonds. The van der Waals surface area contributed by atoms with Crippen molar-refractivity contribution in [3.05, 3.63) is 138 Å². The summed E-state index contributed by atoms with van der Waals surface area (Å²) in [4.78, 5) is 21.7. The number of hydrogen-bond donors (Lipinski definition) is 5. The highest BCUT2D eigenvalue weighted by Gasteiger charge is 2.74. The van der Waals surface area contributed by atoms with Gasteiger partial charge in [-0.1, -0.05) is 407 Å². The summed E-state index contributed by atoms with van der Waals surface area (Å²) in [5.74, 6) is 0.749. The van der Waals surface area contributed by atoms with Crippen molar-refractivity contribution in [2.24, 2.45) is 5.41 Å². The Kier molecular flexibility index (Phi) is 47.0. The standard InChI is InChI=1S/C81H132O4.H3O3P/c1-5-9-13-17-21-25-29-33-37-41-57-69-78(70-58-42-38-34-30-26-22-18-14-10-6-2,84-72-60-44-40-36-32-28-24-20-16-12-8-4)80(73-82,81(83,75-63-51-46-52-64-75)76-65-53-47-54-66-76)79(74-61-49-45-50-62-74,85-77-67-55-48-56-68-77)71-59-43-39-35-31-27-23-19-15-11-7-3;1-4(2)3/h45-56,61-68,82-83H,5-44,57-60,69-73H2,1-4H3;1-3H. The summed E-state index contributed by atoms with van der Waals surface area (Å²) < 4.78 is 16.4. The fraction of sp³-hybridized carbons (Fsp3) is 0.704. The van der Waals surface area contributed by atoms with Gasteiger partial charge in [0.2, 0.25) is 0 Å². The molecule has 506 valence electrons. The maximum Gasteiger partial charge on any atom is 0.324 e. The molecule has 0 aliphatic carbocycles. The topological polar surface area (TPSA) is 120 Å². The van der Waals surface area contributed by atoms with Crippen molar-refractivity contribution in [2.75, 3.05) is 13.2 Å². The van der Waals surface area contributed by atoms with Crippen molar-refractivity contribution in [1.29, 1.82) is 0 Å². The second-order valence-electron chi connectivity index (χ2n) is 26.6. The Balaban J connectivity index is 0.00000501. The number of aliphatic hydroxyl groups is 2. The maximum absolute atomic E-state index is 15.5. The minimum Gasteiger partial charge on any atom is -0.482 e. The molecule has 4 aromatic rings. The maximum atomic E-state index is 15.5. The molecule has 2 unspecified atom stereocenters. The summed E-state index contributed by atoms with van der Waals surface area (Å²) in [6, 6.07) is 42.3. The summed E-state index contributed by atoms with van der Waals surface area (Å²) in [6.07, 6.45) is 57.0. The Hall–Kier alpha value is -3.13. The number of ether oxygens (including phenoxy) is 2. The lowest BCUT2D eigenvalue weighted by molar-refractivity contribution is -0.303. The lowest BCUT2D eigenvalue weighted by Gasteiger charge is -2.65. The van der Waals surface area contributed by atoms with Crippen molar-refractivity contribution in [3.8, 4) is 5.75 Å². The van der Waals surface area contributed by atoms with E-state index in [1.165, 1.54) is 225 Å². The molecular weight excluding hydrogens is 1120 g/mol. The van der Waals surface area contributed by atoms with Crippen molar-refractivity contribution >= 4 is 8.60 Å². The first-order chi connectivity index (χ1) is 43.7. The molecule has 5 N–H and O–H groups in total. The molecule has 2 atom stereocenters. The highest BCUT2D eigenvalue weighted by Crippen LogP contribution is 2.66. The normalized spacial score (nSPS) is 13.3. The van der Waals surface area contributed by atoms with Gasteiger partial charge in [0.1, 0.15) is 22.4 Å². The van der Waals surface area contributed by atoms with Crippen LogP contribution in [0.15, 0.2) is 121 Å². The molecule has 0 fully saturated rings. The zero-order valence-electron chi connectivity index (χ0n) is 57.7. The van der Waals surface area contributed by atoms with Crippen LogP contribution in [-0.2, 0) is 15.9 Å². The van der Waals surface area contributed by atoms with E-state index in [2.05, 4.69) is 149 Å². The number of rotatable bonds is 58. The lowest BCUT2D eigenvalue weighted by Crippen LogP contribution is -2.74. The molecule has 0 saturated carbocycles. The first-order valence-corrected chi connectivity index (χ1v) is 38.6. The van der Waals surface area contributed by atoms with Crippen molar-refractivity contribution in [1.82, 2.24) is 0 Å². The Morgan fingerprint density at radius 2 is 0.562 bits per heavy atom. The molecule has 0 aliphatic rings. The number of para-hydroxylation sites is 1. The Bertz CT molecular complexity index is 2080. The molecule has 89 heavy (non-hydrogen) atoms. The van der Waals surface area contributed by atoms with E-state index < -0.39 is 30.8 Å². The van der Waals surface area contributed by atoms with Crippen molar-refractivity contribution in [2.45, 2.75) is 346 Å². The minimum absolute atomic E-state index is 0.346. The van der Waals surface area contributed by atoms with Crippen LogP contribution in [0.1, 0.15) is 346 Å². The molecule has 0 aromatic heterocycles. The van der Waals surface area contributed by atoms with Crippen LogP contribution < -0.4 is 4.74 Å². The van der Waals surface area contributed by atoms with Gasteiger partial charge >= 0.3 is 8.60 Å². The quantitative estimate of drug-likeness (QED) is 0.0221. The SMILES string of the molecule is CCCCCCCCCCCCCOC(CCCCCCCCCCCCC)(CCCCCCCCCCCCC)C(CO)(C(CCCCCCCCCCCCC)(Oc1ccccc1)c1ccccc1)C(O)(c1ccccc1)c1ccccc1.OP(O)O. The van der Waals surface area contributed by atoms with Gasteiger partial charge in [-0.25, -0.2) is 0 Å². The molecule has 0 saturated heterocycles. The fourth-order valence-electron chi connectivity index (χ4n) is 14.6. The van der Waals surface area contributed by atoms with Crippen molar-refractivity contribution in [3.63, 3.8) is 0 Å². The van der Waals surface area contributed by atoms with Crippen LogP contribution in [0.4, 0.5) is 0 Å². The van der Waals surface area contributed by atoms with Gasteiger partial charge < -0.3 is 34.4 Å². The van der Waals surface area contributed by atoms with Crippen LogP contribution in [0.3, 0.4) is 0 Å². The molecule has 8 heteroatoms. The second kappa shape index (κ2) is 52.3. The molecule has 0 heterocycles. The second-order valence-corrected chi connectivity index (χ2v) is 27.2. The average molecular weight is 1250 g/mol. The van der Waals surface area contributed by atoms with E-state index >= 15 is 5.11 Å². The smallest absolute Gasteiger partial charge is 0.324 e. The van der Waals surface area contributed by atoms with E-state index in [0.29, 0.717) is 25.9 Å². The predicted octanol–water partition coefficient (Wildman–Crippen LogP) is 24.2. The summed E-state index contributed by atoms with van der Waals surface area (Å²) in [5, 5.41) is 29.3. The summed E-state index contributed by atoms with van der Waals surface area (Å²) in [5.41, 5.74) is -3.07. The van der Waals surface area contributed by atoms with E-state index in [0.717, 1.165) is 80.2 Å². The van der Waals surface area contributed by atoms with Gasteiger partial charge in [0.25, 0.3) is 0 Å². The first kappa shape index (κ1) is 80.1. The Labute approximate surface area is 548 Å². The highest BCUT2D eigenvalue weighted by molar-refractivity contribution is 7.38. The summed E-state index contributed by atoms with van der Waals surface area (Å²) in [6.45, 7) is 9.45. The van der Waals surface area contributed by atoms with E-state index in [4.69, 9.17) is 24.2 Å². The van der Waals surface area contributed by atoms with E-state index in [1.54, 1.807) is 0 Å². The van der Waals surface area contributed by atoms with Gasteiger partial charge in [-0.05, 0) is 60.9 Å². The number of aliphatic hydroxyl groups excluding tert-OH is 1. The third kappa shape index (κ3) is 30.2. The third-order valence-corrected chi connectivity index (χ3v) is 19.6. The predicted molar refractivity (Wildman–Crippen MR) is 383 cm³/mol. The molecule has 4 aromatic carbocycles. The zero-order chi connectivity index (χ0) is 64.1. The van der Waals surface area contributed by atoms with Crippen LogP contribution in [0.2, 0.25) is 0 Å². The summed E-state index contributed by atoms with van der Waals surface area (Å²) >= 11 is 0. The van der Waals surface area contributed by atoms with Gasteiger partial charge in [-0.15, -0.1) is 0 Å². The van der Waals surface area contributed by atoms with Crippen LogP contribution in [0.25, 0.3) is 0 Å². The molecule has 0 bridgehead atoms. The van der Waals surface area contributed by atoms with E-state index in [9.17, 15) is 5.11 Å². The molecule has 4 rings (SSSR count). The molecule has 0 spiro atoms. The summed E-state index contributed by atoms with van der Waals surface area (Å²) in [7, 11) is -2.62. The first-order valence-electron chi connectivity index (χ1n) is 37.4. The minimum atomic E-state index is -2.62. The number of unbranched alkanes of at least 4 members (excludes halogenated alkanes) is 40. The molecular formula is C81H135O7P. The molecule has 0 radical (unpaired) electrons. The fourth-order valence-corrected chi connectivity index (χ4v) is 14.6. The van der Waals surface area contributed by atoms with E-state index in [1.807, 2.05) is 0 Å². The highest BCUT2D eigenvalue weighted by atomic mass is 31.2. The number of hydrogen-bond acceptors (Lipinski definition) is 7. The molecule has 0 aliphatic heterocycles.